The number of rotatable bonds is 3. The molecule has 1 saturated heterocycles. The fraction of sp³-hybridized carbons (Fsp3) is 0.0870. The Labute approximate surface area is 172 Å². The van der Waals surface area contributed by atoms with Crippen molar-refractivity contribution in [3.8, 4) is 5.69 Å². The highest BCUT2D eigenvalue weighted by atomic mass is 19.1. The summed E-state index contributed by atoms with van der Waals surface area (Å²) in [5, 5.41) is 2.17. The molecular weight excluding hydrogens is 385 g/mol. The van der Waals surface area contributed by atoms with Crippen LogP contribution in [0.5, 0.6) is 0 Å². The number of amides is 4. The largest absolute Gasteiger partial charge is 0.335 e. The third-order valence-electron chi connectivity index (χ3n) is 4.87. The van der Waals surface area contributed by atoms with E-state index in [2.05, 4.69) is 5.32 Å². The van der Waals surface area contributed by atoms with E-state index in [0.717, 1.165) is 33.8 Å². The van der Waals surface area contributed by atoms with Crippen molar-refractivity contribution in [2.45, 2.75) is 13.8 Å². The van der Waals surface area contributed by atoms with Crippen molar-refractivity contribution < 1.29 is 18.8 Å². The summed E-state index contributed by atoms with van der Waals surface area (Å²) in [6.45, 7) is 3.98. The van der Waals surface area contributed by atoms with E-state index < -0.39 is 23.7 Å². The van der Waals surface area contributed by atoms with Crippen LogP contribution in [0.2, 0.25) is 0 Å². The number of aryl methyl sites for hydroxylation is 2. The monoisotopic (exact) mass is 403 g/mol. The molecule has 0 aliphatic carbocycles. The molecule has 7 heteroatoms. The van der Waals surface area contributed by atoms with Gasteiger partial charge < -0.3 is 4.57 Å². The molecule has 1 N–H and O–H groups in total. The zero-order valence-corrected chi connectivity index (χ0v) is 16.3. The Balaban J connectivity index is 1.76. The van der Waals surface area contributed by atoms with Gasteiger partial charge in [0.2, 0.25) is 0 Å². The van der Waals surface area contributed by atoms with E-state index in [1.165, 1.54) is 18.2 Å². The number of nitrogens with zero attached hydrogens (tertiary/aromatic N) is 2. The minimum atomic E-state index is -0.876. The van der Waals surface area contributed by atoms with Crippen LogP contribution in [-0.4, -0.2) is 22.4 Å². The molecule has 2 heterocycles. The molecule has 0 saturated carbocycles. The molecule has 0 atom stereocenters. The Bertz CT molecular complexity index is 1210. The highest BCUT2D eigenvalue weighted by molar-refractivity contribution is 6.39. The fourth-order valence-corrected chi connectivity index (χ4v) is 3.44. The first-order valence-corrected chi connectivity index (χ1v) is 9.27. The summed E-state index contributed by atoms with van der Waals surface area (Å²) in [6.07, 6.45) is 3.28. The molecule has 0 spiro atoms. The fourth-order valence-electron chi connectivity index (χ4n) is 3.44. The summed E-state index contributed by atoms with van der Waals surface area (Å²) in [5.41, 5.74) is 3.65. The Morgan fingerprint density at radius 2 is 1.70 bits per heavy atom. The van der Waals surface area contributed by atoms with Gasteiger partial charge in [0.1, 0.15) is 11.4 Å². The van der Waals surface area contributed by atoms with E-state index in [-0.39, 0.29) is 11.3 Å². The van der Waals surface area contributed by atoms with Gasteiger partial charge in [-0.1, -0.05) is 17.7 Å². The number of aromatic nitrogens is 1. The quantitative estimate of drug-likeness (QED) is 0.533. The van der Waals surface area contributed by atoms with E-state index in [0.29, 0.717) is 5.69 Å². The maximum atomic E-state index is 13.2. The number of hydrogen-bond acceptors (Lipinski definition) is 3. The molecule has 4 rings (SSSR count). The predicted octanol–water partition coefficient (Wildman–Crippen LogP) is 3.90. The van der Waals surface area contributed by atoms with Gasteiger partial charge in [0.05, 0.1) is 5.69 Å². The molecule has 1 aliphatic rings. The molecule has 150 valence electrons. The minimum Gasteiger partial charge on any atom is -0.317 e. The third kappa shape index (κ3) is 3.41. The molecule has 2 aromatic carbocycles. The van der Waals surface area contributed by atoms with Gasteiger partial charge in [-0.2, -0.15) is 0 Å². The van der Waals surface area contributed by atoms with E-state index in [1.807, 2.05) is 42.8 Å². The van der Waals surface area contributed by atoms with Crippen LogP contribution in [0.1, 0.15) is 16.8 Å². The van der Waals surface area contributed by atoms with Gasteiger partial charge in [-0.3, -0.25) is 14.9 Å². The lowest BCUT2D eigenvalue weighted by Gasteiger charge is -2.26. The standard InChI is InChI=1S/C23H18FN3O3/c1-14-5-10-20(15(2)12-14)26-11-3-4-18(26)13-19-21(28)25-23(30)27(22(19)29)17-8-6-16(24)7-9-17/h3-13H,1-2H3,(H,25,28,30)/b19-13+. The second kappa shape index (κ2) is 7.44. The molecule has 30 heavy (non-hydrogen) atoms. The van der Waals surface area contributed by atoms with Crippen molar-refractivity contribution in [2.24, 2.45) is 0 Å². The summed E-state index contributed by atoms with van der Waals surface area (Å²) >= 11 is 0. The number of urea groups is 1. The Hall–Kier alpha value is -4.00. The zero-order valence-electron chi connectivity index (χ0n) is 16.3. The number of hydrogen-bond donors (Lipinski definition) is 1. The number of halogens is 1. The van der Waals surface area contributed by atoms with Crippen molar-refractivity contribution in [3.63, 3.8) is 0 Å². The summed E-state index contributed by atoms with van der Waals surface area (Å²) in [5.74, 6) is -2.05. The SMILES string of the molecule is Cc1ccc(-n2cccc2/C=C2\C(=O)NC(=O)N(c3ccc(F)cc3)C2=O)c(C)c1. The maximum Gasteiger partial charge on any atom is 0.335 e. The molecule has 4 amide bonds. The minimum absolute atomic E-state index is 0.169. The Morgan fingerprint density at radius 3 is 2.40 bits per heavy atom. The molecule has 1 aromatic heterocycles. The molecule has 3 aromatic rings. The number of benzene rings is 2. The van der Waals surface area contributed by atoms with Gasteiger partial charge in [-0.15, -0.1) is 0 Å². The van der Waals surface area contributed by atoms with Crippen LogP contribution in [0.15, 0.2) is 66.4 Å². The lowest BCUT2D eigenvalue weighted by atomic mass is 10.1. The summed E-state index contributed by atoms with van der Waals surface area (Å²) in [4.78, 5) is 38.5. The molecule has 0 radical (unpaired) electrons. The van der Waals surface area contributed by atoms with Crippen molar-refractivity contribution in [1.82, 2.24) is 9.88 Å². The van der Waals surface area contributed by atoms with Crippen LogP contribution in [0.3, 0.4) is 0 Å². The highest BCUT2D eigenvalue weighted by Crippen LogP contribution is 2.24. The molecule has 0 bridgehead atoms. The Kier molecular flexibility index (Phi) is 4.79. The van der Waals surface area contributed by atoms with Gasteiger partial charge in [-0.25, -0.2) is 14.1 Å². The normalized spacial score (nSPS) is 15.6. The topological polar surface area (TPSA) is 71.4 Å². The molecule has 0 unspecified atom stereocenters. The first kappa shape index (κ1) is 19.3. The van der Waals surface area contributed by atoms with Crippen LogP contribution < -0.4 is 10.2 Å². The van der Waals surface area contributed by atoms with Crippen molar-refractivity contribution in [3.05, 3.63) is 89.0 Å². The van der Waals surface area contributed by atoms with Gasteiger partial charge in [0.15, 0.2) is 0 Å². The van der Waals surface area contributed by atoms with Crippen molar-refractivity contribution in [2.75, 3.05) is 4.90 Å². The number of carbonyl (C=O) groups excluding carboxylic acids is 3. The van der Waals surface area contributed by atoms with Crippen LogP contribution in [0.25, 0.3) is 11.8 Å². The van der Waals surface area contributed by atoms with E-state index in [9.17, 15) is 18.8 Å². The molecule has 1 fully saturated rings. The highest BCUT2D eigenvalue weighted by Gasteiger charge is 2.37. The number of carbonyl (C=O) groups is 3. The van der Waals surface area contributed by atoms with Gasteiger partial charge in [0, 0.05) is 17.6 Å². The maximum absolute atomic E-state index is 13.2. The van der Waals surface area contributed by atoms with Gasteiger partial charge in [0.25, 0.3) is 11.8 Å². The third-order valence-corrected chi connectivity index (χ3v) is 4.87. The summed E-state index contributed by atoms with van der Waals surface area (Å²) < 4.78 is 15.1. The average molecular weight is 403 g/mol. The number of anilines is 1. The Morgan fingerprint density at radius 1 is 0.967 bits per heavy atom. The zero-order chi connectivity index (χ0) is 21.4. The van der Waals surface area contributed by atoms with Crippen LogP contribution in [-0.2, 0) is 9.59 Å². The van der Waals surface area contributed by atoms with Crippen molar-refractivity contribution in [1.29, 1.82) is 0 Å². The predicted molar refractivity (Wildman–Crippen MR) is 111 cm³/mol. The number of barbiturate groups is 1. The van der Waals surface area contributed by atoms with Crippen molar-refractivity contribution >= 4 is 29.6 Å². The summed E-state index contributed by atoms with van der Waals surface area (Å²) in [7, 11) is 0. The summed E-state index contributed by atoms with van der Waals surface area (Å²) in [6, 6.07) is 13.6. The van der Waals surface area contributed by atoms with Gasteiger partial charge >= 0.3 is 6.03 Å². The number of nitrogens with one attached hydrogen (secondary N) is 1. The second-order valence-electron chi connectivity index (χ2n) is 7.03. The van der Waals surface area contributed by atoms with E-state index >= 15 is 0 Å². The average Bonchev–Trinajstić information content (AvgIpc) is 3.14. The number of imide groups is 2. The van der Waals surface area contributed by atoms with Gasteiger partial charge in [-0.05, 0) is 68.0 Å². The molecule has 6 nitrogen and oxygen atoms in total. The van der Waals surface area contributed by atoms with Crippen LogP contribution in [0, 0.1) is 19.7 Å². The smallest absolute Gasteiger partial charge is 0.317 e. The van der Waals surface area contributed by atoms with E-state index in [1.54, 1.807) is 12.1 Å². The lowest BCUT2D eigenvalue weighted by molar-refractivity contribution is -0.122. The lowest BCUT2D eigenvalue weighted by Crippen LogP contribution is -2.54. The van der Waals surface area contributed by atoms with E-state index in [4.69, 9.17) is 0 Å². The first-order chi connectivity index (χ1) is 14.3. The molecular formula is C23H18FN3O3. The first-order valence-electron chi connectivity index (χ1n) is 9.27. The molecule has 1 aliphatic heterocycles. The second-order valence-corrected chi connectivity index (χ2v) is 7.03. The van der Waals surface area contributed by atoms with Crippen LogP contribution in [0.4, 0.5) is 14.9 Å². The van der Waals surface area contributed by atoms with Crippen LogP contribution >= 0.6 is 0 Å².